The van der Waals surface area contributed by atoms with E-state index in [0.717, 1.165) is 10.1 Å². The third-order valence-electron chi connectivity index (χ3n) is 4.59. The van der Waals surface area contributed by atoms with E-state index in [2.05, 4.69) is 35.5 Å². The molecule has 0 aromatic carbocycles. The molecule has 4 heterocycles. The minimum absolute atomic E-state index is 0.0632. The number of carbonyl (C=O) groups excluding carboxylic acids is 1. The SMILES string of the molecule is Cc1nc2nc(C(F)(F)F)nn2c(C)c1CC(=O)NCc1ccc(-n2cncn2)nc1. The van der Waals surface area contributed by atoms with E-state index in [4.69, 9.17) is 0 Å². The van der Waals surface area contributed by atoms with Crippen LogP contribution in [0.2, 0.25) is 0 Å². The second-order valence-electron chi connectivity index (χ2n) is 6.72. The van der Waals surface area contributed by atoms with Gasteiger partial charge in [-0.3, -0.25) is 4.79 Å². The van der Waals surface area contributed by atoms with E-state index < -0.39 is 12.0 Å². The van der Waals surface area contributed by atoms with E-state index in [-0.39, 0.29) is 24.7 Å². The van der Waals surface area contributed by atoms with Crippen LogP contribution in [0.3, 0.4) is 0 Å². The first kappa shape index (κ1) is 20.4. The molecule has 1 N–H and O–H groups in total. The molecule has 0 unspecified atom stereocenters. The lowest BCUT2D eigenvalue weighted by Gasteiger charge is -2.11. The zero-order chi connectivity index (χ0) is 22.2. The van der Waals surface area contributed by atoms with Crippen LogP contribution >= 0.6 is 0 Å². The van der Waals surface area contributed by atoms with Crippen molar-refractivity contribution in [3.05, 3.63) is 59.3 Å². The third kappa shape index (κ3) is 4.20. The number of alkyl halides is 3. The zero-order valence-corrected chi connectivity index (χ0v) is 16.4. The fraction of sp³-hybridized carbons (Fsp3) is 0.278. The van der Waals surface area contributed by atoms with Crippen LogP contribution in [0.5, 0.6) is 0 Å². The average Bonchev–Trinajstić information content (AvgIpc) is 3.40. The summed E-state index contributed by atoms with van der Waals surface area (Å²) in [4.78, 5) is 28.0. The molecule has 0 saturated heterocycles. The van der Waals surface area contributed by atoms with Gasteiger partial charge in [-0.25, -0.2) is 24.1 Å². The molecule has 31 heavy (non-hydrogen) atoms. The summed E-state index contributed by atoms with van der Waals surface area (Å²) < 4.78 is 41.2. The number of hydrogen-bond donors (Lipinski definition) is 1. The number of amides is 1. The lowest BCUT2D eigenvalue weighted by molar-refractivity contribution is -0.144. The number of aromatic nitrogens is 8. The largest absolute Gasteiger partial charge is 0.453 e. The Kier molecular flexibility index (Phi) is 5.09. The summed E-state index contributed by atoms with van der Waals surface area (Å²) in [6.07, 6.45) is -0.216. The van der Waals surface area contributed by atoms with Crippen molar-refractivity contribution in [1.29, 1.82) is 0 Å². The second-order valence-corrected chi connectivity index (χ2v) is 6.72. The molecule has 0 aliphatic carbocycles. The molecule has 160 valence electrons. The molecule has 1 amide bonds. The van der Waals surface area contributed by atoms with E-state index in [1.54, 1.807) is 32.2 Å². The smallest absolute Gasteiger partial charge is 0.352 e. The van der Waals surface area contributed by atoms with Gasteiger partial charge >= 0.3 is 6.18 Å². The van der Waals surface area contributed by atoms with Gasteiger partial charge in [-0.15, -0.1) is 5.10 Å². The van der Waals surface area contributed by atoms with Crippen molar-refractivity contribution >= 4 is 11.7 Å². The van der Waals surface area contributed by atoms with E-state index >= 15 is 0 Å². The highest BCUT2D eigenvalue weighted by molar-refractivity contribution is 5.79. The van der Waals surface area contributed by atoms with E-state index in [1.165, 1.54) is 17.3 Å². The van der Waals surface area contributed by atoms with Crippen molar-refractivity contribution in [2.24, 2.45) is 0 Å². The Morgan fingerprint density at radius 1 is 1.19 bits per heavy atom. The minimum atomic E-state index is -4.68. The number of nitrogens with one attached hydrogen (secondary N) is 1. The summed E-state index contributed by atoms with van der Waals surface area (Å²) >= 11 is 0. The maximum Gasteiger partial charge on any atom is 0.453 e. The van der Waals surface area contributed by atoms with Crippen molar-refractivity contribution in [3.8, 4) is 5.82 Å². The molecule has 0 atom stereocenters. The summed E-state index contributed by atoms with van der Waals surface area (Å²) in [5.74, 6) is -1.16. The Balaban J connectivity index is 1.45. The third-order valence-corrected chi connectivity index (χ3v) is 4.59. The predicted octanol–water partition coefficient (Wildman–Crippen LogP) is 1.59. The first-order valence-corrected chi connectivity index (χ1v) is 9.09. The van der Waals surface area contributed by atoms with Crippen LogP contribution in [-0.4, -0.2) is 45.2 Å². The minimum Gasteiger partial charge on any atom is -0.352 e. The number of rotatable bonds is 5. The Morgan fingerprint density at radius 3 is 2.65 bits per heavy atom. The maximum atomic E-state index is 12.9. The molecule has 0 radical (unpaired) electrons. The molecule has 0 spiro atoms. The number of carbonyl (C=O) groups is 1. The lowest BCUT2D eigenvalue weighted by atomic mass is 10.1. The first-order valence-electron chi connectivity index (χ1n) is 9.09. The Labute approximate surface area is 173 Å². The molecule has 0 saturated carbocycles. The second kappa shape index (κ2) is 7.74. The van der Waals surface area contributed by atoms with Gasteiger partial charge in [-0.1, -0.05) is 6.07 Å². The van der Waals surface area contributed by atoms with E-state index in [9.17, 15) is 18.0 Å². The van der Waals surface area contributed by atoms with E-state index in [0.29, 0.717) is 22.8 Å². The molecular formula is C18H16F3N9O. The quantitative estimate of drug-likeness (QED) is 0.510. The molecule has 0 aliphatic rings. The lowest BCUT2D eigenvalue weighted by Crippen LogP contribution is -2.26. The molecule has 0 bridgehead atoms. The summed E-state index contributed by atoms with van der Waals surface area (Å²) in [7, 11) is 0. The molecular weight excluding hydrogens is 415 g/mol. The van der Waals surface area contributed by atoms with Crippen LogP contribution in [0.1, 0.15) is 28.3 Å². The van der Waals surface area contributed by atoms with Gasteiger partial charge in [0.2, 0.25) is 5.91 Å². The molecule has 4 aromatic rings. The van der Waals surface area contributed by atoms with Crippen molar-refractivity contribution in [2.75, 3.05) is 0 Å². The van der Waals surface area contributed by atoms with E-state index in [1.807, 2.05) is 0 Å². The fourth-order valence-electron chi connectivity index (χ4n) is 2.99. The highest BCUT2D eigenvalue weighted by Gasteiger charge is 2.37. The van der Waals surface area contributed by atoms with Gasteiger partial charge in [-0.05, 0) is 25.5 Å². The van der Waals surface area contributed by atoms with Gasteiger partial charge in [0, 0.05) is 29.7 Å². The fourth-order valence-corrected chi connectivity index (χ4v) is 2.99. The van der Waals surface area contributed by atoms with Crippen LogP contribution in [-0.2, 0) is 23.9 Å². The summed E-state index contributed by atoms with van der Waals surface area (Å²) in [5.41, 5.74) is 2.05. The Hall–Kier alpha value is -3.90. The molecule has 13 heteroatoms. The molecule has 10 nitrogen and oxygen atoms in total. The molecule has 0 aliphatic heterocycles. The van der Waals surface area contributed by atoms with Crippen molar-refractivity contribution in [3.63, 3.8) is 0 Å². The van der Waals surface area contributed by atoms with Crippen LogP contribution in [0.4, 0.5) is 13.2 Å². The highest BCUT2D eigenvalue weighted by atomic mass is 19.4. The standard InChI is InChI=1S/C18H16F3N9O/c1-10-13(11(2)30-17(26-10)27-16(28-30)18(19,20)21)5-15(31)24-7-12-3-4-14(23-6-12)29-9-22-8-25-29/h3-4,6,8-9H,5,7H2,1-2H3,(H,24,31). The molecule has 4 aromatic heterocycles. The first-order chi connectivity index (χ1) is 14.7. The normalized spacial score (nSPS) is 11.8. The van der Waals surface area contributed by atoms with Crippen molar-refractivity contribution in [2.45, 2.75) is 33.0 Å². The number of hydrogen-bond acceptors (Lipinski definition) is 7. The molecule has 4 rings (SSSR count). The van der Waals surface area contributed by atoms with Crippen molar-refractivity contribution in [1.82, 2.24) is 44.6 Å². The Bertz CT molecular complexity index is 1230. The number of halogens is 3. The maximum absolute atomic E-state index is 12.9. The van der Waals surface area contributed by atoms with Crippen LogP contribution in [0.25, 0.3) is 11.6 Å². The topological polar surface area (TPSA) is 116 Å². The number of fused-ring (bicyclic) bond motifs is 1. The summed E-state index contributed by atoms with van der Waals surface area (Å²) in [6.45, 7) is 3.43. The number of aryl methyl sites for hydroxylation is 2. The van der Waals surface area contributed by atoms with Gasteiger partial charge in [-0.2, -0.15) is 23.3 Å². The summed E-state index contributed by atoms with van der Waals surface area (Å²) in [5, 5.41) is 10.2. The van der Waals surface area contributed by atoms with Gasteiger partial charge in [0.15, 0.2) is 5.82 Å². The monoisotopic (exact) mass is 431 g/mol. The number of pyridine rings is 1. The molecule has 0 fully saturated rings. The van der Waals surface area contributed by atoms with Gasteiger partial charge in [0.1, 0.15) is 12.7 Å². The van der Waals surface area contributed by atoms with Crippen LogP contribution in [0, 0.1) is 13.8 Å². The average molecular weight is 431 g/mol. The van der Waals surface area contributed by atoms with Crippen LogP contribution < -0.4 is 5.32 Å². The summed E-state index contributed by atoms with van der Waals surface area (Å²) in [6, 6.07) is 3.54. The van der Waals surface area contributed by atoms with Gasteiger partial charge in [0.25, 0.3) is 11.6 Å². The van der Waals surface area contributed by atoms with Crippen LogP contribution in [0.15, 0.2) is 31.0 Å². The predicted molar refractivity (Wildman–Crippen MR) is 100.0 cm³/mol. The zero-order valence-electron chi connectivity index (χ0n) is 16.4. The van der Waals surface area contributed by atoms with Crippen molar-refractivity contribution < 1.29 is 18.0 Å². The highest BCUT2D eigenvalue weighted by Crippen LogP contribution is 2.27. The number of nitrogens with zero attached hydrogens (tertiary/aromatic N) is 8. The van der Waals surface area contributed by atoms with Gasteiger partial charge in [0.05, 0.1) is 6.42 Å². The Morgan fingerprint density at radius 2 is 2.00 bits per heavy atom. The van der Waals surface area contributed by atoms with Gasteiger partial charge < -0.3 is 5.32 Å².